The van der Waals surface area contributed by atoms with E-state index in [2.05, 4.69) is 5.16 Å². The maximum absolute atomic E-state index is 10.8. The van der Waals surface area contributed by atoms with Gasteiger partial charge < -0.3 is 10.9 Å². The van der Waals surface area contributed by atoms with Gasteiger partial charge in [-0.15, -0.1) is 11.8 Å². The molecule has 0 amide bonds. The van der Waals surface area contributed by atoms with E-state index < -0.39 is 4.92 Å². The number of thioether (sulfide) groups is 1. The molecule has 1 aromatic rings. The molecule has 1 aromatic carbocycles. The first kappa shape index (κ1) is 14.6. The molecular formula is C13H17N3O3S. The Morgan fingerprint density at radius 2 is 2.10 bits per heavy atom. The van der Waals surface area contributed by atoms with E-state index in [0.29, 0.717) is 10.8 Å². The summed E-state index contributed by atoms with van der Waals surface area (Å²) in [5.41, 5.74) is 6.01. The molecule has 0 unspecified atom stereocenters. The van der Waals surface area contributed by atoms with Gasteiger partial charge in [0.2, 0.25) is 0 Å². The molecule has 1 aliphatic rings. The molecular weight excluding hydrogens is 278 g/mol. The first-order valence-electron chi connectivity index (χ1n) is 6.55. The van der Waals surface area contributed by atoms with Crippen molar-refractivity contribution < 1.29 is 10.1 Å². The van der Waals surface area contributed by atoms with Crippen molar-refractivity contribution in [2.24, 2.45) is 10.9 Å². The van der Waals surface area contributed by atoms with Crippen molar-refractivity contribution in [1.82, 2.24) is 0 Å². The number of nitro benzene ring substituents is 1. The summed E-state index contributed by atoms with van der Waals surface area (Å²) in [6.07, 6.45) is 5.96. The zero-order valence-electron chi connectivity index (χ0n) is 11.0. The van der Waals surface area contributed by atoms with Crippen LogP contribution in [-0.4, -0.2) is 21.2 Å². The second kappa shape index (κ2) is 6.60. The van der Waals surface area contributed by atoms with Crippen LogP contribution in [0.1, 0.15) is 37.7 Å². The average Bonchev–Trinajstić information content (AvgIpc) is 2.47. The van der Waals surface area contributed by atoms with E-state index in [1.807, 2.05) is 0 Å². The molecule has 3 N–H and O–H groups in total. The average molecular weight is 295 g/mol. The third kappa shape index (κ3) is 3.41. The van der Waals surface area contributed by atoms with Crippen molar-refractivity contribution in [1.29, 1.82) is 0 Å². The quantitative estimate of drug-likeness (QED) is 0.292. The number of nitro groups is 1. The molecule has 6 nitrogen and oxygen atoms in total. The largest absolute Gasteiger partial charge is 0.409 e. The molecule has 1 aliphatic carbocycles. The van der Waals surface area contributed by atoms with Crippen LogP contribution in [0.4, 0.5) is 5.69 Å². The molecule has 0 saturated heterocycles. The zero-order chi connectivity index (χ0) is 14.5. The van der Waals surface area contributed by atoms with Gasteiger partial charge in [-0.05, 0) is 18.9 Å². The predicted molar refractivity (Wildman–Crippen MR) is 78.3 cm³/mol. The van der Waals surface area contributed by atoms with Crippen molar-refractivity contribution in [3.63, 3.8) is 0 Å². The SMILES string of the molecule is NC(=NO)c1cc([N+](=O)[O-])ccc1SC1CCCCC1. The number of oxime groups is 1. The van der Waals surface area contributed by atoms with E-state index in [0.717, 1.165) is 17.7 Å². The molecule has 0 atom stereocenters. The van der Waals surface area contributed by atoms with Crippen LogP contribution in [0.15, 0.2) is 28.3 Å². The fraction of sp³-hybridized carbons (Fsp3) is 0.462. The van der Waals surface area contributed by atoms with Crippen molar-refractivity contribution >= 4 is 23.3 Å². The van der Waals surface area contributed by atoms with Crippen molar-refractivity contribution in [2.45, 2.75) is 42.2 Å². The lowest BCUT2D eigenvalue weighted by molar-refractivity contribution is -0.384. The van der Waals surface area contributed by atoms with Gasteiger partial charge in [-0.1, -0.05) is 24.4 Å². The number of benzene rings is 1. The summed E-state index contributed by atoms with van der Waals surface area (Å²) in [6.45, 7) is 0. The van der Waals surface area contributed by atoms with Crippen molar-refractivity contribution in [3.8, 4) is 0 Å². The van der Waals surface area contributed by atoms with Gasteiger partial charge in [0.1, 0.15) is 0 Å². The molecule has 0 heterocycles. The second-order valence-electron chi connectivity index (χ2n) is 4.80. The molecule has 20 heavy (non-hydrogen) atoms. The number of nitrogens with two attached hydrogens (primary N) is 1. The molecule has 0 aromatic heterocycles. The number of hydrogen-bond donors (Lipinski definition) is 2. The molecule has 0 bridgehead atoms. The smallest absolute Gasteiger partial charge is 0.270 e. The molecule has 1 fully saturated rings. The Labute approximate surface area is 121 Å². The summed E-state index contributed by atoms with van der Waals surface area (Å²) < 4.78 is 0. The first-order chi connectivity index (χ1) is 9.61. The van der Waals surface area contributed by atoms with Gasteiger partial charge in [0.05, 0.1) is 4.92 Å². The van der Waals surface area contributed by atoms with Crippen molar-refractivity contribution in [3.05, 3.63) is 33.9 Å². The lowest BCUT2D eigenvalue weighted by Gasteiger charge is -2.21. The van der Waals surface area contributed by atoms with E-state index in [4.69, 9.17) is 10.9 Å². The van der Waals surface area contributed by atoms with Crippen LogP contribution in [0.2, 0.25) is 0 Å². The van der Waals surface area contributed by atoms with Crippen LogP contribution in [-0.2, 0) is 0 Å². The van der Waals surface area contributed by atoms with E-state index in [1.54, 1.807) is 17.8 Å². The van der Waals surface area contributed by atoms with Crippen LogP contribution >= 0.6 is 11.8 Å². The van der Waals surface area contributed by atoms with E-state index >= 15 is 0 Å². The monoisotopic (exact) mass is 295 g/mol. The number of amidine groups is 1. The van der Waals surface area contributed by atoms with Gasteiger partial charge in [-0.2, -0.15) is 0 Å². The molecule has 1 saturated carbocycles. The summed E-state index contributed by atoms with van der Waals surface area (Å²) in [5, 5.41) is 23.1. The van der Waals surface area contributed by atoms with Crippen LogP contribution < -0.4 is 5.73 Å². The number of rotatable bonds is 4. The summed E-state index contributed by atoms with van der Waals surface area (Å²) in [7, 11) is 0. The molecule has 108 valence electrons. The Hall–Kier alpha value is -1.76. The highest BCUT2D eigenvalue weighted by Gasteiger charge is 2.19. The summed E-state index contributed by atoms with van der Waals surface area (Å²) in [5.74, 6) is -0.0907. The lowest BCUT2D eigenvalue weighted by Crippen LogP contribution is -2.16. The lowest BCUT2D eigenvalue weighted by atomic mass is 10.0. The number of nitrogens with zero attached hydrogens (tertiary/aromatic N) is 2. The minimum absolute atomic E-state index is 0.0559. The summed E-state index contributed by atoms with van der Waals surface area (Å²) >= 11 is 1.66. The summed E-state index contributed by atoms with van der Waals surface area (Å²) in [4.78, 5) is 11.2. The Morgan fingerprint density at radius 1 is 1.40 bits per heavy atom. The van der Waals surface area contributed by atoms with E-state index in [9.17, 15) is 10.1 Å². The van der Waals surface area contributed by atoms with Gasteiger partial charge in [-0.3, -0.25) is 10.1 Å². The topological polar surface area (TPSA) is 102 Å². The first-order valence-corrected chi connectivity index (χ1v) is 7.43. The minimum atomic E-state index is -0.483. The maximum Gasteiger partial charge on any atom is 0.270 e. The maximum atomic E-state index is 10.8. The van der Waals surface area contributed by atoms with E-state index in [-0.39, 0.29) is 11.5 Å². The van der Waals surface area contributed by atoms with E-state index in [1.165, 1.54) is 31.4 Å². The molecule has 0 aliphatic heterocycles. The van der Waals surface area contributed by atoms with Crippen molar-refractivity contribution in [2.75, 3.05) is 0 Å². The highest BCUT2D eigenvalue weighted by Crippen LogP contribution is 2.36. The van der Waals surface area contributed by atoms with Gasteiger partial charge in [0.25, 0.3) is 5.69 Å². The Bertz CT molecular complexity index is 528. The zero-order valence-corrected chi connectivity index (χ0v) is 11.8. The second-order valence-corrected chi connectivity index (χ2v) is 6.14. The van der Waals surface area contributed by atoms with Gasteiger partial charge in [-0.25, -0.2) is 0 Å². The molecule has 2 rings (SSSR count). The molecule has 7 heteroatoms. The predicted octanol–water partition coefficient (Wildman–Crippen LogP) is 3.11. The number of hydrogen-bond acceptors (Lipinski definition) is 5. The minimum Gasteiger partial charge on any atom is -0.409 e. The van der Waals surface area contributed by atoms with Crippen LogP contribution in [0.3, 0.4) is 0 Å². The van der Waals surface area contributed by atoms with Crippen LogP contribution in [0.5, 0.6) is 0 Å². The van der Waals surface area contributed by atoms with Crippen LogP contribution in [0.25, 0.3) is 0 Å². The Balaban J connectivity index is 2.28. The summed E-state index contributed by atoms with van der Waals surface area (Å²) in [6, 6.07) is 4.50. The van der Waals surface area contributed by atoms with Gasteiger partial charge in [0.15, 0.2) is 5.84 Å². The fourth-order valence-electron chi connectivity index (χ4n) is 2.35. The standard InChI is InChI=1S/C13H17N3O3S/c14-13(15-17)11-8-9(16(18)19)6-7-12(11)20-10-4-2-1-3-5-10/h6-8,10,17H,1-5H2,(H2,14,15). The Morgan fingerprint density at radius 3 is 2.70 bits per heavy atom. The third-order valence-corrected chi connectivity index (χ3v) is 4.82. The third-order valence-electron chi connectivity index (χ3n) is 3.40. The molecule has 0 radical (unpaired) electrons. The highest BCUT2D eigenvalue weighted by molar-refractivity contribution is 8.00. The Kier molecular flexibility index (Phi) is 4.84. The highest BCUT2D eigenvalue weighted by atomic mass is 32.2. The van der Waals surface area contributed by atoms with Crippen LogP contribution in [0, 0.1) is 10.1 Å². The molecule has 0 spiro atoms. The van der Waals surface area contributed by atoms with Gasteiger partial charge in [0, 0.05) is 27.8 Å². The van der Waals surface area contributed by atoms with Gasteiger partial charge >= 0.3 is 0 Å². The number of non-ortho nitro benzene ring substituents is 1. The normalized spacial score (nSPS) is 17.1. The fourth-order valence-corrected chi connectivity index (χ4v) is 3.72.